The highest BCUT2D eigenvalue weighted by molar-refractivity contribution is 5.92. The first-order valence-electron chi connectivity index (χ1n) is 7.43. The van der Waals surface area contributed by atoms with Crippen molar-refractivity contribution in [3.05, 3.63) is 29.8 Å². The van der Waals surface area contributed by atoms with Crippen LogP contribution < -0.4 is 10.6 Å². The van der Waals surface area contributed by atoms with Gasteiger partial charge in [0.25, 0.3) is 0 Å². The van der Waals surface area contributed by atoms with Crippen molar-refractivity contribution in [3.63, 3.8) is 0 Å². The topological polar surface area (TPSA) is 44.4 Å². The van der Waals surface area contributed by atoms with Gasteiger partial charge in [-0.3, -0.25) is 9.69 Å². The lowest BCUT2D eigenvalue weighted by Gasteiger charge is -2.29. The molecular formula is C16H25N3O. The molecular weight excluding hydrogens is 250 g/mol. The Morgan fingerprint density at radius 2 is 1.90 bits per heavy atom. The summed E-state index contributed by atoms with van der Waals surface area (Å²) in [4.78, 5) is 14.2. The van der Waals surface area contributed by atoms with Crippen molar-refractivity contribution in [1.29, 1.82) is 0 Å². The van der Waals surface area contributed by atoms with Gasteiger partial charge in [-0.1, -0.05) is 19.1 Å². The molecule has 0 unspecified atom stereocenters. The van der Waals surface area contributed by atoms with Crippen LogP contribution >= 0.6 is 0 Å². The van der Waals surface area contributed by atoms with E-state index in [4.69, 9.17) is 0 Å². The second-order valence-corrected chi connectivity index (χ2v) is 5.73. The molecule has 1 heterocycles. The summed E-state index contributed by atoms with van der Waals surface area (Å²) in [5.41, 5.74) is 2.09. The number of carbonyl (C=O) groups excluding carboxylic acids is 1. The highest BCUT2D eigenvalue weighted by Crippen LogP contribution is 2.16. The van der Waals surface area contributed by atoms with Gasteiger partial charge in [-0.2, -0.15) is 0 Å². The zero-order chi connectivity index (χ0) is 14.4. The van der Waals surface area contributed by atoms with E-state index in [0.717, 1.165) is 31.2 Å². The van der Waals surface area contributed by atoms with Gasteiger partial charge in [0, 0.05) is 12.2 Å². The van der Waals surface area contributed by atoms with Crippen molar-refractivity contribution in [2.45, 2.75) is 26.3 Å². The van der Waals surface area contributed by atoms with Gasteiger partial charge >= 0.3 is 0 Å². The second-order valence-electron chi connectivity index (χ2n) is 5.73. The normalized spacial score (nSPS) is 17.1. The van der Waals surface area contributed by atoms with Gasteiger partial charge in [-0.15, -0.1) is 0 Å². The van der Waals surface area contributed by atoms with Gasteiger partial charge in [0.2, 0.25) is 5.91 Å². The van der Waals surface area contributed by atoms with Crippen LogP contribution in [0.25, 0.3) is 0 Å². The Hall–Kier alpha value is -1.39. The number of hydrogen-bond acceptors (Lipinski definition) is 3. The number of benzene rings is 1. The van der Waals surface area contributed by atoms with E-state index in [-0.39, 0.29) is 5.91 Å². The highest BCUT2D eigenvalue weighted by Gasteiger charge is 2.17. The van der Waals surface area contributed by atoms with E-state index >= 15 is 0 Å². The molecule has 1 amide bonds. The molecule has 0 bridgehead atoms. The zero-order valence-corrected chi connectivity index (χ0v) is 12.5. The number of carbonyl (C=O) groups is 1. The minimum absolute atomic E-state index is 0.0842. The summed E-state index contributed by atoms with van der Waals surface area (Å²) in [5.74, 6) is 0.884. The molecule has 4 nitrogen and oxygen atoms in total. The molecule has 4 heteroatoms. The fraction of sp³-hybridized carbons (Fsp3) is 0.562. The quantitative estimate of drug-likeness (QED) is 0.864. The molecule has 0 atom stereocenters. The number of anilines is 1. The third kappa shape index (κ3) is 4.62. The Labute approximate surface area is 121 Å². The summed E-state index contributed by atoms with van der Waals surface area (Å²) in [6.07, 6.45) is 2.40. The van der Waals surface area contributed by atoms with Crippen LogP contribution in [0.1, 0.15) is 25.3 Å². The average Bonchev–Trinajstić information content (AvgIpc) is 2.44. The summed E-state index contributed by atoms with van der Waals surface area (Å²) >= 11 is 0. The van der Waals surface area contributed by atoms with Crippen molar-refractivity contribution in [2.24, 2.45) is 5.92 Å². The number of piperidine rings is 1. The molecule has 110 valence electrons. The SMILES string of the molecule is CNCc1ccc(NC(=O)CN2CCC(C)CC2)cc1. The first-order chi connectivity index (χ1) is 9.67. The maximum Gasteiger partial charge on any atom is 0.238 e. The van der Waals surface area contributed by atoms with E-state index < -0.39 is 0 Å². The summed E-state index contributed by atoms with van der Waals surface area (Å²) in [5, 5.41) is 6.08. The van der Waals surface area contributed by atoms with Crippen molar-refractivity contribution < 1.29 is 4.79 Å². The van der Waals surface area contributed by atoms with Crippen molar-refractivity contribution >= 4 is 11.6 Å². The van der Waals surface area contributed by atoms with Crippen LogP contribution in [0.2, 0.25) is 0 Å². The van der Waals surface area contributed by atoms with E-state index in [1.54, 1.807) is 0 Å². The molecule has 0 saturated carbocycles. The summed E-state index contributed by atoms with van der Waals surface area (Å²) in [6.45, 7) is 5.71. The van der Waals surface area contributed by atoms with Crippen LogP contribution in [-0.4, -0.2) is 37.5 Å². The average molecular weight is 275 g/mol. The summed E-state index contributed by atoms with van der Waals surface area (Å²) in [7, 11) is 1.93. The molecule has 1 saturated heterocycles. The van der Waals surface area contributed by atoms with Crippen molar-refractivity contribution in [3.8, 4) is 0 Å². The van der Waals surface area contributed by atoms with E-state index in [1.165, 1.54) is 18.4 Å². The summed E-state index contributed by atoms with van der Waals surface area (Å²) in [6, 6.07) is 8.00. The number of likely N-dealkylation sites (tertiary alicyclic amines) is 1. The van der Waals surface area contributed by atoms with Crippen LogP contribution in [-0.2, 0) is 11.3 Å². The largest absolute Gasteiger partial charge is 0.325 e. The van der Waals surface area contributed by atoms with Crippen molar-refractivity contribution in [2.75, 3.05) is 32.0 Å². The number of nitrogens with one attached hydrogen (secondary N) is 2. The number of amides is 1. The lowest BCUT2D eigenvalue weighted by atomic mass is 9.99. The predicted octanol–water partition coefficient (Wildman–Crippen LogP) is 2.08. The molecule has 1 aromatic rings. The van der Waals surface area contributed by atoms with Gasteiger partial charge in [0.05, 0.1) is 6.54 Å². The number of hydrogen-bond donors (Lipinski definition) is 2. The van der Waals surface area contributed by atoms with E-state index in [9.17, 15) is 4.79 Å². The van der Waals surface area contributed by atoms with Crippen LogP contribution in [0.4, 0.5) is 5.69 Å². The first kappa shape index (κ1) is 15.0. The Morgan fingerprint density at radius 1 is 1.25 bits per heavy atom. The van der Waals surface area contributed by atoms with E-state index in [1.807, 2.05) is 31.3 Å². The molecule has 0 aliphatic carbocycles. The minimum atomic E-state index is 0.0842. The highest BCUT2D eigenvalue weighted by atomic mass is 16.2. The lowest BCUT2D eigenvalue weighted by Crippen LogP contribution is -2.38. The van der Waals surface area contributed by atoms with Crippen LogP contribution in [0.15, 0.2) is 24.3 Å². The van der Waals surface area contributed by atoms with E-state index in [0.29, 0.717) is 6.54 Å². The van der Waals surface area contributed by atoms with Gasteiger partial charge in [0.1, 0.15) is 0 Å². The maximum atomic E-state index is 12.0. The van der Waals surface area contributed by atoms with Gasteiger partial charge < -0.3 is 10.6 Å². The lowest BCUT2D eigenvalue weighted by molar-refractivity contribution is -0.117. The molecule has 1 fully saturated rings. The Kier molecular flexibility index (Phi) is 5.56. The first-order valence-corrected chi connectivity index (χ1v) is 7.43. The minimum Gasteiger partial charge on any atom is -0.325 e. The predicted molar refractivity (Wildman–Crippen MR) is 82.7 cm³/mol. The number of nitrogens with zero attached hydrogens (tertiary/aromatic N) is 1. The zero-order valence-electron chi connectivity index (χ0n) is 12.5. The van der Waals surface area contributed by atoms with Crippen LogP contribution in [0, 0.1) is 5.92 Å². The van der Waals surface area contributed by atoms with Gasteiger partial charge in [-0.25, -0.2) is 0 Å². The van der Waals surface area contributed by atoms with Crippen molar-refractivity contribution in [1.82, 2.24) is 10.2 Å². The Bertz CT molecular complexity index is 422. The van der Waals surface area contributed by atoms with E-state index in [2.05, 4.69) is 22.5 Å². The third-order valence-electron chi connectivity index (χ3n) is 3.86. The smallest absolute Gasteiger partial charge is 0.238 e. The maximum absolute atomic E-state index is 12.0. The fourth-order valence-electron chi connectivity index (χ4n) is 2.53. The second kappa shape index (κ2) is 7.41. The van der Waals surface area contributed by atoms with Gasteiger partial charge in [0.15, 0.2) is 0 Å². The standard InChI is InChI=1S/C16H25N3O/c1-13-7-9-19(10-8-13)12-16(20)18-15-5-3-14(4-6-15)11-17-2/h3-6,13,17H,7-12H2,1-2H3,(H,18,20). The number of rotatable bonds is 5. The molecule has 1 aliphatic rings. The fourth-order valence-corrected chi connectivity index (χ4v) is 2.53. The molecule has 2 rings (SSSR count). The Balaban J connectivity index is 1.79. The summed E-state index contributed by atoms with van der Waals surface area (Å²) < 4.78 is 0. The molecule has 20 heavy (non-hydrogen) atoms. The molecule has 0 spiro atoms. The molecule has 1 aliphatic heterocycles. The molecule has 0 aromatic heterocycles. The molecule has 1 aromatic carbocycles. The van der Waals surface area contributed by atoms with Gasteiger partial charge in [-0.05, 0) is 56.6 Å². The van der Waals surface area contributed by atoms with Crippen LogP contribution in [0.3, 0.4) is 0 Å². The monoisotopic (exact) mass is 275 g/mol. The Morgan fingerprint density at radius 3 is 2.50 bits per heavy atom. The molecule has 0 radical (unpaired) electrons. The molecule has 2 N–H and O–H groups in total. The third-order valence-corrected chi connectivity index (χ3v) is 3.86. The van der Waals surface area contributed by atoms with Crippen LogP contribution in [0.5, 0.6) is 0 Å².